The summed E-state index contributed by atoms with van der Waals surface area (Å²) in [7, 11) is 0. The lowest BCUT2D eigenvalue weighted by Crippen LogP contribution is -2.18. The summed E-state index contributed by atoms with van der Waals surface area (Å²) in [4.78, 5) is 14.2. The quantitative estimate of drug-likeness (QED) is 0.676. The van der Waals surface area contributed by atoms with Crippen LogP contribution in [0, 0.1) is 10.1 Å². The van der Waals surface area contributed by atoms with Crippen molar-refractivity contribution in [1.29, 1.82) is 0 Å². The number of nitro benzene ring substituents is 1. The van der Waals surface area contributed by atoms with Gasteiger partial charge in [-0.05, 0) is 36.2 Å². The fourth-order valence-electron chi connectivity index (χ4n) is 1.83. The van der Waals surface area contributed by atoms with E-state index in [2.05, 4.69) is 10.3 Å². The first kappa shape index (κ1) is 14.4. The van der Waals surface area contributed by atoms with Crippen LogP contribution in [0.15, 0.2) is 42.7 Å². The van der Waals surface area contributed by atoms with Gasteiger partial charge in [-0.2, -0.15) is 0 Å². The molecule has 0 aliphatic rings. The van der Waals surface area contributed by atoms with Crippen molar-refractivity contribution in [3.05, 3.63) is 69.0 Å². The third-order valence-electron chi connectivity index (χ3n) is 3.05. The summed E-state index contributed by atoms with van der Waals surface area (Å²) in [5.41, 5.74) is 1.96. The first-order chi connectivity index (χ1) is 9.58. The van der Waals surface area contributed by atoms with Gasteiger partial charge in [0, 0.05) is 37.1 Å². The molecule has 1 heterocycles. The molecule has 1 atom stereocenters. The molecule has 0 saturated carbocycles. The highest BCUT2D eigenvalue weighted by atomic mass is 35.5. The number of nitro groups is 1. The van der Waals surface area contributed by atoms with E-state index in [9.17, 15) is 10.1 Å². The van der Waals surface area contributed by atoms with Gasteiger partial charge in [0.1, 0.15) is 0 Å². The zero-order valence-electron chi connectivity index (χ0n) is 10.9. The lowest BCUT2D eigenvalue weighted by Gasteiger charge is -2.14. The van der Waals surface area contributed by atoms with Gasteiger partial charge in [0.25, 0.3) is 5.69 Å². The van der Waals surface area contributed by atoms with Crippen LogP contribution < -0.4 is 5.32 Å². The normalized spacial score (nSPS) is 12.1. The van der Waals surface area contributed by atoms with E-state index in [1.54, 1.807) is 18.5 Å². The number of aromatic nitrogens is 1. The predicted molar refractivity (Wildman–Crippen MR) is 77.6 cm³/mol. The molecule has 6 heteroatoms. The average molecular weight is 292 g/mol. The van der Waals surface area contributed by atoms with Crippen molar-refractivity contribution < 1.29 is 4.92 Å². The van der Waals surface area contributed by atoms with Gasteiger partial charge in [0.15, 0.2) is 0 Å². The van der Waals surface area contributed by atoms with E-state index < -0.39 is 4.92 Å². The fourth-order valence-corrected chi connectivity index (χ4v) is 2.07. The summed E-state index contributed by atoms with van der Waals surface area (Å²) >= 11 is 6.05. The van der Waals surface area contributed by atoms with Gasteiger partial charge in [-0.15, -0.1) is 0 Å². The highest BCUT2D eigenvalue weighted by molar-refractivity contribution is 6.31. The van der Waals surface area contributed by atoms with Crippen LogP contribution in [0.3, 0.4) is 0 Å². The molecule has 0 aliphatic heterocycles. The summed E-state index contributed by atoms with van der Waals surface area (Å²) in [6, 6.07) is 8.52. The minimum atomic E-state index is -0.456. The first-order valence-electron chi connectivity index (χ1n) is 6.14. The third kappa shape index (κ3) is 3.53. The molecule has 0 amide bonds. The van der Waals surface area contributed by atoms with Crippen LogP contribution in [-0.4, -0.2) is 9.91 Å². The van der Waals surface area contributed by atoms with Gasteiger partial charge < -0.3 is 5.32 Å². The molecule has 2 rings (SSSR count). The average Bonchev–Trinajstić information content (AvgIpc) is 2.46. The van der Waals surface area contributed by atoms with Gasteiger partial charge in [0.2, 0.25) is 0 Å². The second-order valence-corrected chi connectivity index (χ2v) is 4.82. The number of non-ortho nitro benzene ring substituents is 1. The van der Waals surface area contributed by atoms with Crippen LogP contribution in [0.1, 0.15) is 24.1 Å². The van der Waals surface area contributed by atoms with Crippen molar-refractivity contribution in [3.8, 4) is 0 Å². The van der Waals surface area contributed by atoms with Crippen LogP contribution in [0.4, 0.5) is 5.69 Å². The SMILES string of the molecule is C[C@H](NCc1ccc([N+](=O)[O-])cc1Cl)c1ccncc1. The molecule has 0 spiro atoms. The van der Waals surface area contributed by atoms with Crippen molar-refractivity contribution in [3.63, 3.8) is 0 Å². The molecule has 5 nitrogen and oxygen atoms in total. The summed E-state index contributed by atoms with van der Waals surface area (Å²) in [6.07, 6.45) is 3.48. The molecule has 1 aromatic carbocycles. The lowest BCUT2D eigenvalue weighted by molar-refractivity contribution is -0.384. The van der Waals surface area contributed by atoms with Crippen LogP contribution in [0.2, 0.25) is 5.02 Å². The first-order valence-corrected chi connectivity index (χ1v) is 6.52. The molecule has 104 valence electrons. The second-order valence-electron chi connectivity index (χ2n) is 4.42. The third-order valence-corrected chi connectivity index (χ3v) is 3.40. The Morgan fingerprint density at radius 3 is 2.65 bits per heavy atom. The number of pyridine rings is 1. The van der Waals surface area contributed by atoms with Crippen molar-refractivity contribution in [2.24, 2.45) is 0 Å². The number of rotatable bonds is 5. The lowest BCUT2D eigenvalue weighted by atomic mass is 10.1. The van der Waals surface area contributed by atoms with E-state index in [1.165, 1.54) is 12.1 Å². The molecule has 1 N–H and O–H groups in total. The summed E-state index contributed by atoms with van der Waals surface area (Å²) in [5, 5.41) is 14.4. The number of hydrogen-bond acceptors (Lipinski definition) is 4. The maximum atomic E-state index is 10.6. The maximum Gasteiger partial charge on any atom is 0.270 e. The summed E-state index contributed by atoms with van der Waals surface area (Å²) in [6.45, 7) is 2.58. The Morgan fingerprint density at radius 1 is 1.35 bits per heavy atom. The van der Waals surface area contributed by atoms with Crippen LogP contribution >= 0.6 is 11.6 Å². The molecule has 0 unspecified atom stereocenters. The van der Waals surface area contributed by atoms with Crippen LogP contribution in [0.25, 0.3) is 0 Å². The summed E-state index contributed by atoms with van der Waals surface area (Å²) in [5.74, 6) is 0. The smallest absolute Gasteiger partial charge is 0.270 e. The molecule has 1 aromatic heterocycles. The maximum absolute atomic E-state index is 10.6. The number of nitrogens with one attached hydrogen (secondary N) is 1. The van der Waals surface area contributed by atoms with E-state index in [4.69, 9.17) is 11.6 Å². The van der Waals surface area contributed by atoms with Crippen LogP contribution in [0.5, 0.6) is 0 Å². The van der Waals surface area contributed by atoms with Crippen molar-refractivity contribution in [1.82, 2.24) is 10.3 Å². The van der Waals surface area contributed by atoms with E-state index >= 15 is 0 Å². The van der Waals surface area contributed by atoms with Crippen molar-refractivity contribution in [2.75, 3.05) is 0 Å². The molecule has 20 heavy (non-hydrogen) atoms. The van der Waals surface area contributed by atoms with Crippen LogP contribution in [-0.2, 0) is 6.54 Å². The Labute approximate surface area is 121 Å². The Morgan fingerprint density at radius 2 is 2.05 bits per heavy atom. The highest BCUT2D eigenvalue weighted by Gasteiger charge is 2.10. The topological polar surface area (TPSA) is 68.1 Å². The van der Waals surface area contributed by atoms with Crippen molar-refractivity contribution in [2.45, 2.75) is 19.5 Å². The zero-order chi connectivity index (χ0) is 14.5. The number of benzene rings is 1. The van der Waals surface area contributed by atoms with Gasteiger partial charge >= 0.3 is 0 Å². The monoisotopic (exact) mass is 291 g/mol. The van der Waals surface area contributed by atoms with Gasteiger partial charge in [0.05, 0.1) is 9.95 Å². The Balaban J connectivity index is 2.02. The zero-order valence-corrected chi connectivity index (χ0v) is 11.7. The molecular formula is C14H14ClN3O2. The molecule has 0 bridgehead atoms. The van der Waals surface area contributed by atoms with E-state index in [-0.39, 0.29) is 11.7 Å². The second kappa shape index (κ2) is 6.45. The Bertz CT molecular complexity index is 605. The van der Waals surface area contributed by atoms with Gasteiger partial charge in [-0.25, -0.2) is 0 Å². The van der Waals surface area contributed by atoms with E-state index in [0.29, 0.717) is 11.6 Å². The van der Waals surface area contributed by atoms with Crippen molar-refractivity contribution >= 4 is 17.3 Å². The number of halogens is 1. The van der Waals surface area contributed by atoms with E-state index in [0.717, 1.165) is 11.1 Å². The largest absolute Gasteiger partial charge is 0.306 e. The Hall–Kier alpha value is -1.98. The van der Waals surface area contributed by atoms with Gasteiger partial charge in [-0.3, -0.25) is 15.1 Å². The molecule has 0 aliphatic carbocycles. The number of hydrogen-bond donors (Lipinski definition) is 1. The minimum absolute atomic E-state index is 0.000863. The molecular weight excluding hydrogens is 278 g/mol. The van der Waals surface area contributed by atoms with E-state index in [1.807, 2.05) is 19.1 Å². The molecule has 0 fully saturated rings. The Kier molecular flexibility index (Phi) is 4.65. The molecule has 0 saturated heterocycles. The highest BCUT2D eigenvalue weighted by Crippen LogP contribution is 2.23. The summed E-state index contributed by atoms with van der Waals surface area (Å²) < 4.78 is 0. The standard InChI is InChI=1S/C14H14ClN3O2/c1-10(11-4-6-16-7-5-11)17-9-12-2-3-13(18(19)20)8-14(12)15/h2-8,10,17H,9H2,1H3/t10-/m0/s1. The van der Waals surface area contributed by atoms with Gasteiger partial charge in [-0.1, -0.05) is 11.6 Å². The molecule has 2 aromatic rings. The molecule has 0 radical (unpaired) electrons. The number of nitrogens with zero attached hydrogens (tertiary/aromatic N) is 2. The predicted octanol–water partition coefficient (Wildman–Crippen LogP) is 3.49. The fraction of sp³-hybridized carbons (Fsp3) is 0.214. The minimum Gasteiger partial charge on any atom is -0.306 e.